The van der Waals surface area contributed by atoms with Gasteiger partial charge < -0.3 is 10.1 Å². The van der Waals surface area contributed by atoms with Gasteiger partial charge in [-0.1, -0.05) is 12.1 Å². The van der Waals surface area contributed by atoms with Crippen LogP contribution in [0.15, 0.2) is 29.4 Å². The van der Waals surface area contributed by atoms with Crippen LogP contribution >= 0.6 is 0 Å². The third kappa shape index (κ3) is 4.59. The van der Waals surface area contributed by atoms with Gasteiger partial charge in [-0.2, -0.15) is 13.9 Å². The van der Waals surface area contributed by atoms with Crippen molar-refractivity contribution in [3.8, 4) is 5.75 Å². The molecule has 11 heteroatoms. The molecule has 0 aliphatic carbocycles. The number of rotatable bonds is 5. The number of para-hydroxylation sites is 2. The molecule has 1 unspecified atom stereocenters. The number of nitrogens with zero attached hydrogens (tertiary/aromatic N) is 2. The minimum Gasteiger partial charge on any atom is -0.433 e. The molecule has 1 aromatic rings. The molecule has 1 atom stereocenters. The highest BCUT2D eigenvalue weighted by Crippen LogP contribution is 2.26. The molecule has 0 aromatic heterocycles. The summed E-state index contributed by atoms with van der Waals surface area (Å²) in [5.41, 5.74) is 0.0585. The average Bonchev–Trinajstić information content (AvgIpc) is 2.96. The number of sulfone groups is 1. The Labute approximate surface area is 154 Å². The van der Waals surface area contributed by atoms with Gasteiger partial charge in [-0.05, 0) is 18.6 Å². The Morgan fingerprint density at radius 3 is 2.70 bits per heavy atom. The van der Waals surface area contributed by atoms with Crippen LogP contribution in [0.4, 0.5) is 14.5 Å². The molecule has 2 amide bonds. The number of benzene rings is 1. The minimum absolute atomic E-state index is 0.0119. The third-order valence-corrected chi connectivity index (χ3v) is 5.98. The lowest BCUT2D eigenvalue weighted by Crippen LogP contribution is -2.42. The van der Waals surface area contributed by atoms with E-state index in [1.165, 1.54) is 24.3 Å². The Balaban J connectivity index is 1.77. The molecule has 1 aromatic carbocycles. The smallest absolute Gasteiger partial charge is 0.387 e. The predicted molar refractivity (Wildman–Crippen MR) is 92.3 cm³/mol. The number of carbonyl (C=O) groups is 2. The van der Waals surface area contributed by atoms with Gasteiger partial charge in [-0.25, -0.2) is 13.4 Å². The van der Waals surface area contributed by atoms with Crippen molar-refractivity contribution in [1.82, 2.24) is 5.01 Å². The van der Waals surface area contributed by atoms with Gasteiger partial charge in [0.1, 0.15) is 11.5 Å². The van der Waals surface area contributed by atoms with Gasteiger partial charge in [0.2, 0.25) is 5.91 Å². The molecule has 0 radical (unpaired) electrons. The molecule has 0 saturated carbocycles. The van der Waals surface area contributed by atoms with Crippen molar-refractivity contribution >= 4 is 33.1 Å². The van der Waals surface area contributed by atoms with Gasteiger partial charge in [0.05, 0.1) is 23.2 Å². The number of alkyl halides is 2. The second kappa shape index (κ2) is 7.59. The second-order valence-corrected chi connectivity index (χ2v) is 8.40. The van der Waals surface area contributed by atoms with Crippen LogP contribution in [0.3, 0.4) is 0 Å². The summed E-state index contributed by atoms with van der Waals surface area (Å²) >= 11 is 0. The van der Waals surface area contributed by atoms with Crippen LogP contribution in [0.2, 0.25) is 0 Å². The highest BCUT2D eigenvalue weighted by molar-refractivity contribution is 7.91. The molecule has 1 saturated heterocycles. The van der Waals surface area contributed by atoms with Crippen LogP contribution in [-0.2, 0) is 19.4 Å². The lowest BCUT2D eigenvalue weighted by Gasteiger charge is -2.27. The van der Waals surface area contributed by atoms with Crippen LogP contribution in [0.5, 0.6) is 5.75 Å². The summed E-state index contributed by atoms with van der Waals surface area (Å²) in [5.74, 6) is -1.44. The first kappa shape index (κ1) is 19.2. The first-order chi connectivity index (χ1) is 12.7. The normalized spacial score (nSPS) is 21.9. The number of hydrogen-bond acceptors (Lipinski definition) is 6. The predicted octanol–water partition coefficient (Wildman–Crippen LogP) is 1.39. The molecule has 27 heavy (non-hydrogen) atoms. The number of nitrogens with one attached hydrogen (secondary N) is 1. The Kier molecular flexibility index (Phi) is 5.40. The topological polar surface area (TPSA) is 105 Å². The number of amides is 2. The molecule has 2 aliphatic heterocycles. The molecule has 1 fully saturated rings. The van der Waals surface area contributed by atoms with E-state index in [9.17, 15) is 26.8 Å². The monoisotopic (exact) mass is 401 g/mol. The van der Waals surface area contributed by atoms with Crippen molar-refractivity contribution in [2.24, 2.45) is 5.10 Å². The minimum atomic E-state index is -3.22. The van der Waals surface area contributed by atoms with E-state index < -0.39 is 28.4 Å². The molecular weight excluding hydrogens is 384 g/mol. The van der Waals surface area contributed by atoms with Crippen LogP contribution in [-0.4, -0.2) is 55.1 Å². The van der Waals surface area contributed by atoms with E-state index >= 15 is 0 Å². The lowest BCUT2D eigenvalue weighted by atomic mass is 10.1. The zero-order chi connectivity index (χ0) is 19.6. The Morgan fingerprint density at radius 2 is 2.04 bits per heavy atom. The first-order valence-corrected chi connectivity index (χ1v) is 10.0. The van der Waals surface area contributed by atoms with Gasteiger partial charge >= 0.3 is 6.61 Å². The molecule has 3 rings (SSSR count). The van der Waals surface area contributed by atoms with E-state index in [-0.39, 0.29) is 53.8 Å². The Bertz CT molecular complexity index is 888. The summed E-state index contributed by atoms with van der Waals surface area (Å²) in [6.45, 7) is -3.05. The zero-order valence-electron chi connectivity index (χ0n) is 14.1. The third-order valence-electron chi connectivity index (χ3n) is 4.23. The van der Waals surface area contributed by atoms with E-state index in [2.05, 4.69) is 15.2 Å². The number of anilines is 1. The molecular formula is C16H17F2N3O5S. The van der Waals surface area contributed by atoms with Crippen molar-refractivity contribution in [2.45, 2.75) is 31.9 Å². The van der Waals surface area contributed by atoms with Crippen molar-refractivity contribution < 1.29 is 31.5 Å². The quantitative estimate of drug-likeness (QED) is 0.803. The number of hydrazone groups is 1. The van der Waals surface area contributed by atoms with Crippen molar-refractivity contribution in [3.05, 3.63) is 24.3 Å². The van der Waals surface area contributed by atoms with Gasteiger partial charge in [-0.15, -0.1) is 0 Å². The summed E-state index contributed by atoms with van der Waals surface area (Å²) in [5, 5.41) is 7.54. The number of hydrogen-bond donors (Lipinski definition) is 1. The van der Waals surface area contributed by atoms with Crippen LogP contribution in [0.1, 0.15) is 19.3 Å². The summed E-state index contributed by atoms with van der Waals surface area (Å²) in [7, 11) is -3.22. The van der Waals surface area contributed by atoms with E-state index in [1.807, 2.05) is 0 Å². The highest BCUT2D eigenvalue weighted by Gasteiger charge is 2.37. The maximum atomic E-state index is 12.5. The Hall–Kier alpha value is -2.56. The van der Waals surface area contributed by atoms with Crippen LogP contribution in [0.25, 0.3) is 0 Å². The summed E-state index contributed by atoms with van der Waals surface area (Å²) < 4.78 is 52.6. The highest BCUT2D eigenvalue weighted by atomic mass is 32.2. The SMILES string of the molecule is O=C(Nc1ccccc1OC(F)F)C1=NN(C2CCS(=O)(=O)C2)C(=O)CC1. The van der Waals surface area contributed by atoms with E-state index in [1.54, 1.807) is 0 Å². The fourth-order valence-corrected chi connectivity index (χ4v) is 4.64. The summed E-state index contributed by atoms with van der Waals surface area (Å²) in [6, 6.07) is 5.09. The van der Waals surface area contributed by atoms with Gasteiger partial charge in [-0.3, -0.25) is 9.59 Å². The maximum absolute atomic E-state index is 12.5. The molecule has 8 nitrogen and oxygen atoms in total. The first-order valence-electron chi connectivity index (χ1n) is 8.20. The van der Waals surface area contributed by atoms with E-state index in [0.717, 1.165) is 5.01 Å². The standard InChI is InChI=1S/C16H17F2N3O5S/c17-16(18)26-13-4-2-1-3-11(13)19-15(23)12-5-6-14(22)21(20-12)10-7-8-27(24,25)9-10/h1-4,10,16H,5-9H2,(H,19,23). The molecule has 0 spiro atoms. The van der Waals surface area contributed by atoms with Crippen LogP contribution < -0.4 is 10.1 Å². The number of carbonyl (C=O) groups excluding carboxylic acids is 2. The molecule has 146 valence electrons. The van der Waals surface area contributed by atoms with Crippen LogP contribution in [0, 0.1) is 0 Å². The van der Waals surface area contributed by atoms with Crippen molar-refractivity contribution in [2.75, 3.05) is 16.8 Å². The Morgan fingerprint density at radius 1 is 1.30 bits per heavy atom. The second-order valence-electron chi connectivity index (χ2n) is 6.17. The van der Waals surface area contributed by atoms with E-state index in [0.29, 0.717) is 0 Å². The lowest BCUT2D eigenvalue weighted by molar-refractivity contribution is -0.133. The molecule has 1 N–H and O–H groups in total. The van der Waals surface area contributed by atoms with Crippen molar-refractivity contribution in [1.29, 1.82) is 0 Å². The van der Waals surface area contributed by atoms with Gasteiger partial charge in [0.25, 0.3) is 5.91 Å². The fraction of sp³-hybridized carbons (Fsp3) is 0.438. The van der Waals surface area contributed by atoms with Gasteiger partial charge in [0, 0.05) is 12.8 Å². The average molecular weight is 401 g/mol. The number of ether oxygens (including phenoxy) is 1. The molecule has 0 bridgehead atoms. The molecule has 2 heterocycles. The summed E-state index contributed by atoms with van der Waals surface area (Å²) in [6.07, 6.45) is 0.341. The summed E-state index contributed by atoms with van der Waals surface area (Å²) in [4.78, 5) is 24.5. The van der Waals surface area contributed by atoms with Crippen molar-refractivity contribution in [3.63, 3.8) is 0 Å². The van der Waals surface area contributed by atoms with Gasteiger partial charge in [0.15, 0.2) is 9.84 Å². The van der Waals surface area contributed by atoms with E-state index in [4.69, 9.17) is 0 Å². The maximum Gasteiger partial charge on any atom is 0.387 e. The zero-order valence-corrected chi connectivity index (χ0v) is 14.9. The largest absolute Gasteiger partial charge is 0.433 e. The number of halogens is 2. The molecule has 2 aliphatic rings. The fourth-order valence-electron chi connectivity index (χ4n) is 2.95.